The van der Waals surface area contributed by atoms with Crippen LogP contribution in [-0.4, -0.2) is 12.8 Å². The highest BCUT2D eigenvalue weighted by Gasteiger charge is 1.88. The molecule has 0 aromatic heterocycles. The van der Waals surface area contributed by atoms with Gasteiger partial charge in [0.1, 0.15) is 0 Å². The predicted molar refractivity (Wildman–Crippen MR) is 58.6 cm³/mol. The Morgan fingerprint density at radius 2 is 1.85 bits per heavy atom. The van der Waals surface area contributed by atoms with E-state index >= 15 is 0 Å². The molecule has 0 heterocycles. The second-order valence-electron chi connectivity index (χ2n) is 3.13. The molecule has 0 bridgehead atoms. The Hall–Kier alpha value is -1.11. The van der Waals surface area contributed by atoms with Gasteiger partial charge in [-0.05, 0) is 24.0 Å². The maximum absolute atomic E-state index is 4.29. The Labute approximate surface area is 80.5 Å². The second-order valence-corrected chi connectivity index (χ2v) is 3.13. The number of hydrogen-bond acceptors (Lipinski definition) is 1. The van der Waals surface area contributed by atoms with Crippen LogP contribution >= 0.6 is 0 Å². The monoisotopic (exact) mass is 175 g/mol. The third-order valence-corrected chi connectivity index (χ3v) is 1.98. The molecule has 70 valence electrons. The Kier molecular flexibility index (Phi) is 4.24. The number of benzene rings is 1. The van der Waals surface area contributed by atoms with Crippen LogP contribution in [0.15, 0.2) is 29.3 Å². The zero-order valence-corrected chi connectivity index (χ0v) is 8.46. The van der Waals surface area contributed by atoms with Crippen LogP contribution in [0, 0.1) is 0 Å². The first kappa shape index (κ1) is 9.97. The van der Waals surface area contributed by atoms with E-state index in [-0.39, 0.29) is 0 Å². The van der Waals surface area contributed by atoms with Crippen LogP contribution < -0.4 is 0 Å². The molecule has 0 amide bonds. The molecule has 1 heteroatoms. The average molecular weight is 175 g/mol. The molecule has 0 N–H and O–H groups in total. The van der Waals surface area contributed by atoms with Crippen molar-refractivity contribution in [1.82, 2.24) is 0 Å². The molecular weight excluding hydrogens is 158 g/mol. The van der Waals surface area contributed by atoms with E-state index in [9.17, 15) is 0 Å². The van der Waals surface area contributed by atoms with Crippen LogP contribution in [0.25, 0.3) is 0 Å². The van der Waals surface area contributed by atoms with Crippen molar-refractivity contribution in [1.29, 1.82) is 0 Å². The van der Waals surface area contributed by atoms with Crippen molar-refractivity contribution in [2.75, 3.05) is 6.54 Å². The SMILES string of the molecule is CCCN=Cc1ccc(CC)cc1. The van der Waals surface area contributed by atoms with Crippen LogP contribution in [-0.2, 0) is 6.42 Å². The maximum Gasteiger partial charge on any atom is 0.0386 e. The summed E-state index contributed by atoms with van der Waals surface area (Å²) < 4.78 is 0. The summed E-state index contributed by atoms with van der Waals surface area (Å²) in [5.74, 6) is 0. The highest BCUT2D eigenvalue weighted by molar-refractivity contribution is 5.79. The van der Waals surface area contributed by atoms with Gasteiger partial charge in [0.2, 0.25) is 0 Å². The fourth-order valence-electron chi connectivity index (χ4n) is 1.14. The third kappa shape index (κ3) is 3.41. The van der Waals surface area contributed by atoms with Crippen LogP contribution in [0.1, 0.15) is 31.4 Å². The quantitative estimate of drug-likeness (QED) is 0.624. The minimum Gasteiger partial charge on any atom is -0.293 e. The number of nitrogens with zero attached hydrogens (tertiary/aromatic N) is 1. The van der Waals surface area contributed by atoms with Gasteiger partial charge in [-0.15, -0.1) is 0 Å². The third-order valence-electron chi connectivity index (χ3n) is 1.98. The highest BCUT2D eigenvalue weighted by Crippen LogP contribution is 2.02. The van der Waals surface area contributed by atoms with Gasteiger partial charge in [-0.1, -0.05) is 38.1 Å². The van der Waals surface area contributed by atoms with Gasteiger partial charge < -0.3 is 0 Å². The molecule has 1 aromatic rings. The van der Waals surface area contributed by atoms with Crippen LogP contribution in [0.3, 0.4) is 0 Å². The molecule has 13 heavy (non-hydrogen) atoms. The molecule has 0 aliphatic heterocycles. The topological polar surface area (TPSA) is 12.4 Å². The lowest BCUT2D eigenvalue weighted by Gasteiger charge is -1.96. The summed E-state index contributed by atoms with van der Waals surface area (Å²) in [4.78, 5) is 4.29. The summed E-state index contributed by atoms with van der Waals surface area (Å²) in [5.41, 5.74) is 2.58. The van der Waals surface area contributed by atoms with Gasteiger partial charge in [0, 0.05) is 12.8 Å². The van der Waals surface area contributed by atoms with E-state index in [1.54, 1.807) is 0 Å². The van der Waals surface area contributed by atoms with Crippen molar-refractivity contribution in [3.63, 3.8) is 0 Å². The summed E-state index contributed by atoms with van der Waals surface area (Å²) in [6.45, 7) is 5.23. The molecular formula is C12H17N. The first-order chi connectivity index (χ1) is 6.36. The summed E-state index contributed by atoms with van der Waals surface area (Å²) in [7, 11) is 0. The van der Waals surface area contributed by atoms with Crippen molar-refractivity contribution in [2.24, 2.45) is 4.99 Å². The minimum absolute atomic E-state index is 0.926. The number of rotatable bonds is 4. The Morgan fingerprint density at radius 1 is 1.15 bits per heavy atom. The zero-order valence-electron chi connectivity index (χ0n) is 8.46. The van der Waals surface area contributed by atoms with Crippen molar-refractivity contribution < 1.29 is 0 Å². The van der Waals surface area contributed by atoms with Crippen LogP contribution in [0.5, 0.6) is 0 Å². The van der Waals surface area contributed by atoms with E-state index in [0.29, 0.717) is 0 Å². The van der Waals surface area contributed by atoms with E-state index in [0.717, 1.165) is 19.4 Å². The maximum atomic E-state index is 4.29. The standard InChI is InChI=1S/C12H17N/c1-3-9-13-10-12-7-5-11(4-2)6-8-12/h5-8,10H,3-4,9H2,1-2H3. The van der Waals surface area contributed by atoms with Gasteiger partial charge in [-0.25, -0.2) is 0 Å². The molecule has 1 nitrogen and oxygen atoms in total. The number of aryl methyl sites for hydroxylation is 1. The molecule has 0 saturated carbocycles. The Morgan fingerprint density at radius 3 is 2.38 bits per heavy atom. The zero-order chi connectivity index (χ0) is 9.52. The molecule has 0 fully saturated rings. The van der Waals surface area contributed by atoms with E-state index in [1.807, 2.05) is 6.21 Å². The lowest BCUT2D eigenvalue weighted by molar-refractivity contribution is 0.937. The highest BCUT2D eigenvalue weighted by atomic mass is 14.7. The molecule has 0 aliphatic carbocycles. The van der Waals surface area contributed by atoms with Gasteiger partial charge in [-0.3, -0.25) is 4.99 Å². The summed E-state index contributed by atoms with van der Waals surface area (Å²) in [6, 6.07) is 8.57. The van der Waals surface area contributed by atoms with Crippen molar-refractivity contribution in [2.45, 2.75) is 26.7 Å². The lowest BCUT2D eigenvalue weighted by Crippen LogP contribution is -1.85. The second kappa shape index (κ2) is 5.52. The Balaban J connectivity index is 2.58. The average Bonchev–Trinajstić information content (AvgIpc) is 2.19. The molecule has 1 rings (SSSR count). The van der Waals surface area contributed by atoms with E-state index in [2.05, 4.69) is 43.1 Å². The van der Waals surface area contributed by atoms with E-state index in [4.69, 9.17) is 0 Å². The summed E-state index contributed by atoms with van der Waals surface area (Å²) >= 11 is 0. The smallest absolute Gasteiger partial charge is 0.0386 e. The summed E-state index contributed by atoms with van der Waals surface area (Å²) in [5, 5.41) is 0. The van der Waals surface area contributed by atoms with Crippen molar-refractivity contribution in [3.8, 4) is 0 Å². The molecule has 0 unspecified atom stereocenters. The molecule has 0 atom stereocenters. The molecule has 0 radical (unpaired) electrons. The van der Waals surface area contributed by atoms with Gasteiger partial charge in [0.15, 0.2) is 0 Å². The van der Waals surface area contributed by atoms with E-state index in [1.165, 1.54) is 11.1 Å². The fourth-order valence-corrected chi connectivity index (χ4v) is 1.14. The molecule has 0 spiro atoms. The molecule has 1 aromatic carbocycles. The van der Waals surface area contributed by atoms with Gasteiger partial charge >= 0.3 is 0 Å². The lowest BCUT2D eigenvalue weighted by atomic mass is 10.1. The van der Waals surface area contributed by atoms with Gasteiger partial charge in [-0.2, -0.15) is 0 Å². The largest absolute Gasteiger partial charge is 0.293 e. The Bertz CT molecular complexity index is 259. The first-order valence-electron chi connectivity index (χ1n) is 4.95. The van der Waals surface area contributed by atoms with E-state index < -0.39 is 0 Å². The van der Waals surface area contributed by atoms with Gasteiger partial charge in [0.05, 0.1) is 0 Å². The van der Waals surface area contributed by atoms with Crippen molar-refractivity contribution >= 4 is 6.21 Å². The predicted octanol–water partition coefficient (Wildman–Crippen LogP) is 3.08. The number of hydrogen-bond donors (Lipinski definition) is 0. The molecule has 0 saturated heterocycles. The normalized spacial score (nSPS) is 10.9. The summed E-state index contributed by atoms with van der Waals surface area (Å²) in [6.07, 6.45) is 4.17. The molecule has 0 aliphatic rings. The number of aliphatic imine (C=N–C) groups is 1. The first-order valence-corrected chi connectivity index (χ1v) is 4.95. The van der Waals surface area contributed by atoms with Crippen LogP contribution in [0.4, 0.5) is 0 Å². The van der Waals surface area contributed by atoms with Gasteiger partial charge in [0.25, 0.3) is 0 Å². The fraction of sp³-hybridized carbons (Fsp3) is 0.417. The van der Waals surface area contributed by atoms with Crippen molar-refractivity contribution in [3.05, 3.63) is 35.4 Å². The minimum atomic E-state index is 0.926. The van der Waals surface area contributed by atoms with Crippen LogP contribution in [0.2, 0.25) is 0 Å².